The van der Waals surface area contributed by atoms with E-state index in [0.717, 1.165) is 35.4 Å². The van der Waals surface area contributed by atoms with Crippen LogP contribution in [0.5, 0.6) is 0 Å². The van der Waals surface area contributed by atoms with Crippen LogP contribution in [-0.4, -0.2) is 32.5 Å². The molecule has 2 rings (SSSR count). The Hall–Kier alpha value is -0.860. The van der Waals surface area contributed by atoms with Gasteiger partial charge in [0.1, 0.15) is 0 Å². The molecule has 0 aliphatic rings. The van der Waals surface area contributed by atoms with Crippen LogP contribution in [-0.2, 0) is 5.75 Å². The zero-order chi connectivity index (χ0) is 11.9. The average molecular weight is 287 g/mol. The molecule has 0 radical (unpaired) electrons. The number of nitrogens with one attached hydrogen (secondary N) is 2. The second-order valence-corrected chi connectivity index (χ2v) is 5.48. The summed E-state index contributed by atoms with van der Waals surface area (Å²) in [4.78, 5) is 0. The summed E-state index contributed by atoms with van der Waals surface area (Å²) in [6, 6.07) is 2.06. The van der Waals surface area contributed by atoms with Crippen LogP contribution in [0.15, 0.2) is 11.4 Å². The van der Waals surface area contributed by atoms with Crippen LogP contribution in [0.1, 0.15) is 5.69 Å². The lowest BCUT2D eigenvalue weighted by Crippen LogP contribution is -2.06. The van der Waals surface area contributed by atoms with Gasteiger partial charge in [-0.1, -0.05) is 0 Å². The first-order chi connectivity index (χ1) is 8.40. The van der Waals surface area contributed by atoms with Crippen molar-refractivity contribution in [3.8, 4) is 0 Å². The average Bonchev–Trinajstić information content (AvgIpc) is 2.98. The third-order valence-corrected chi connectivity index (χ3v) is 4.12. The van der Waals surface area contributed by atoms with Gasteiger partial charge in [-0.2, -0.15) is 24.9 Å². The predicted octanol–water partition coefficient (Wildman–Crippen LogP) is 2.38. The Kier molecular flexibility index (Phi) is 5.02. The van der Waals surface area contributed by atoms with Gasteiger partial charge >= 0.3 is 0 Å². The Morgan fingerprint density at radius 3 is 2.94 bits per heavy atom. The van der Waals surface area contributed by atoms with E-state index in [9.17, 15) is 0 Å². The Bertz CT molecular complexity index is 428. The molecule has 0 amide bonds. The minimum Gasteiger partial charge on any atom is -0.369 e. The van der Waals surface area contributed by atoms with Crippen LogP contribution in [0.2, 0.25) is 0 Å². The fourth-order valence-electron chi connectivity index (χ4n) is 1.20. The number of anilines is 2. The molecule has 8 heteroatoms. The van der Waals surface area contributed by atoms with Crippen molar-refractivity contribution in [3.63, 3.8) is 0 Å². The standard InChI is InChI=1S/C9H13N5S3/c1-10-8-9(14-17-13-8)11-3-5-15-6-7-2-4-16-12-7/h2,4H,3,5-6H2,1H3,(H,10,13)(H,11,14). The molecule has 5 nitrogen and oxygen atoms in total. The van der Waals surface area contributed by atoms with E-state index in [1.807, 2.05) is 24.2 Å². The van der Waals surface area contributed by atoms with E-state index in [1.54, 1.807) is 0 Å². The smallest absolute Gasteiger partial charge is 0.184 e. The predicted molar refractivity (Wildman–Crippen MR) is 76.2 cm³/mol. The minimum absolute atomic E-state index is 0.819. The van der Waals surface area contributed by atoms with Crippen molar-refractivity contribution >= 4 is 46.7 Å². The third kappa shape index (κ3) is 3.83. The van der Waals surface area contributed by atoms with Crippen molar-refractivity contribution in [2.45, 2.75) is 5.75 Å². The molecule has 0 saturated heterocycles. The highest BCUT2D eigenvalue weighted by molar-refractivity contribution is 7.98. The van der Waals surface area contributed by atoms with Gasteiger partial charge in [0, 0.05) is 30.5 Å². The van der Waals surface area contributed by atoms with Gasteiger partial charge in [0.2, 0.25) is 0 Å². The maximum atomic E-state index is 4.26. The summed E-state index contributed by atoms with van der Waals surface area (Å²) in [5.41, 5.74) is 1.16. The SMILES string of the molecule is CNc1nsnc1NCCSCc1ccsn1. The van der Waals surface area contributed by atoms with E-state index in [-0.39, 0.29) is 0 Å². The van der Waals surface area contributed by atoms with Crippen LogP contribution < -0.4 is 10.6 Å². The minimum atomic E-state index is 0.819. The van der Waals surface area contributed by atoms with Crippen molar-refractivity contribution in [2.75, 3.05) is 30.0 Å². The molecule has 2 aromatic heterocycles. The molecule has 0 saturated carbocycles. The second-order valence-electron chi connectivity index (χ2n) is 3.18. The quantitative estimate of drug-likeness (QED) is 0.762. The van der Waals surface area contributed by atoms with Crippen molar-refractivity contribution in [1.29, 1.82) is 0 Å². The van der Waals surface area contributed by atoms with Gasteiger partial charge in [0.15, 0.2) is 11.6 Å². The molecular weight excluding hydrogens is 274 g/mol. The highest BCUT2D eigenvalue weighted by atomic mass is 32.2. The fourth-order valence-corrected chi connectivity index (χ4v) is 3.11. The summed E-state index contributed by atoms with van der Waals surface area (Å²) in [6.07, 6.45) is 0. The zero-order valence-electron chi connectivity index (χ0n) is 9.34. The molecule has 2 heterocycles. The van der Waals surface area contributed by atoms with Gasteiger partial charge in [-0.25, -0.2) is 0 Å². The molecule has 0 aliphatic carbocycles. The lowest BCUT2D eigenvalue weighted by molar-refractivity contribution is 1.19. The second kappa shape index (κ2) is 6.77. The monoisotopic (exact) mass is 287 g/mol. The van der Waals surface area contributed by atoms with Crippen LogP contribution in [0.4, 0.5) is 11.6 Å². The Morgan fingerprint density at radius 2 is 2.18 bits per heavy atom. The lowest BCUT2D eigenvalue weighted by atomic mass is 10.5. The van der Waals surface area contributed by atoms with Crippen LogP contribution in [0, 0.1) is 0 Å². The maximum Gasteiger partial charge on any atom is 0.184 e. The Morgan fingerprint density at radius 1 is 1.29 bits per heavy atom. The number of aromatic nitrogens is 3. The van der Waals surface area contributed by atoms with Crippen LogP contribution >= 0.6 is 35.0 Å². The summed E-state index contributed by atoms with van der Waals surface area (Å²) < 4.78 is 12.5. The van der Waals surface area contributed by atoms with E-state index >= 15 is 0 Å². The van der Waals surface area contributed by atoms with Crippen molar-refractivity contribution in [2.24, 2.45) is 0 Å². The largest absolute Gasteiger partial charge is 0.369 e. The van der Waals surface area contributed by atoms with E-state index < -0.39 is 0 Å². The van der Waals surface area contributed by atoms with Crippen molar-refractivity contribution in [3.05, 3.63) is 17.1 Å². The topological polar surface area (TPSA) is 62.7 Å². The lowest BCUT2D eigenvalue weighted by Gasteiger charge is -2.03. The number of nitrogens with zero attached hydrogens (tertiary/aromatic N) is 3. The highest BCUT2D eigenvalue weighted by Gasteiger charge is 2.04. The molecule has 92 valence electrons. The molecule has 0 spiro atoms. The highest BCUT2D eigenvalue weighted by Crippen LogP contribution is 2.17. The van der Waals surface area contributed by atoms with Crippen molar-refractivity contribution < 1.29 is 0 Å². The molecular formula is C9H13N5S3. The summed E-state index contributed by atoms with van der Waals surface area (Å²) in [5, 5.41) is 8.27. The number of hydrogen-bond donors (Lipinski definition) is 2. The van der Waals surface area contributed by atoms with Gasteiger partial charge in [-0.05, 0) is 17.6 Å². The van der Waals surface area contributed by atoms with E-state index in [2.05, 4.69) is 29.8 Å². The van der Waals surface area contributed by atoms with Crippen LogP contribution in [0.25, 0.3) is 0 Å². The van der Waals surface area contributed by atoms with Gasteiger partial charge in [-0.15, -0.1) is 0 Å². The fraction of sp³-hybridized carbons (Fsp3) is 0.444. The Labute approximate surface area is 113 Å². The van der Waals surface area contributed by atoms with Gasteiger partial charge in [0.05, 0.1) is 17.4 Å². The number of rotatable bonds is 7. The van der Waals surface area contributed by atoms with E-state index in [0.29, 0.717) is 0 Å². The van der Waals surface area contributed by atoms with Crippen molar-refractivity contribution in [1.82, 2.24) is 13.1 Å². The zero-order valence-corrected chi connectivity index (χ0v) is 11.8. The molecule has 0 fully saturated rings. The molecule has 0 bridgehead atoms. The molecule has 17 heavy (non-hydrogen) atoms. The van der Waals surface area contributed by atoms with Gasteiger partial charge in [-0.3, -0.25) is 0 Å². The molecule has 0 aromatic carbocycles. The van der Waals surface area contributed by atoms with E-state index in [4.69, 9.17) is 0 Å². The molecule has 0 aliphatic heterocycles. The van der Waals surface area contributed by atoms with E-state index in [1.165, 1.54) is 23.3 Å². The first-order valence-corrected chi connectivity index (χ1v) is 7.83. The number of hydrogen-bond acceptors (Lipinski definition) is 8. The molecule has 0 unspecified atom stereocenters. The first kappa shape index (κ1) is 12.6. The van der Waals surface area contributed by atoms with Crippen LogP contribution in [0.3, 0.4) is 0 Å². The summed E-state index contributed by atoms with van der Waals surface area (Å²) in [5.74, 6) is 3.66. The third-order valence-electron chi connectivity index (χ3n) is 2.01. The van der Waals surface area contributed by atoms with Gasteiger partial charge < -0.3 is 10.6 Å². The summed E-state index contributed by atoms with van der Waals surface area (Å²) >= 11 is 4.58. The molecule has 2 N–H and O–H groups in total. The number of thioether (sulfide) groups is 1. The molecule has 0 atom stereocenters. The first-order valence-electron chi connectivity index (χ1n) is 5.11. The summed E-state index contributed by atoms with van der Waals surface area (Å²) in [7, 11) is 1.85. The van der Waals surface area contributed by atoms with Gasteiger partial charge in [0.25, 0.3) is 0 Å². The molecule has 2 aromatic rings. The Balaban J connectivity index is 1.63. The normalized spacial score (nSPS) is 10.4. The summed E-state index contributed by atoms with van der Waals surface area (Å²) in [6.45, 7) is 0.884. The maximum absolute atomic E-state index is 4.26.